The van der Waals surface area contributed by atoms with Crippen molar-refractivity contribution in [2.75, 3.05) is 32.1 Å². The summed E-state index contributed by atoms with van der Waals surface area (Å²) in [6, 6.07) is 0. The highest BCUT2D eigenvalue weighted by atomic mass is 32.1. The molecule has 1 aliphatic heterocycles. The second kappa shape index (κ2) is 5.69. The highest BCUT2D eigenvalue weighted by Crippen LogP contribution is 2.39. The van der Waals surface area contributed by atoms with Crippen LogP contribution in [0.4, 0.5) is 18.3 Å². The number of aromatic nitrogens is 1. The van der Waals surface area contributed by atoms with Gasteiger partial charge in [0, 0.05) is 40.0 Å². The first kappa shape index (κ1) is 17.0. The lowest BCUT2D eigenvalue weighted by atomic mass is 9.90. The van der Waals surface area contributed by atoms with E-state index >= 15 is 0 Å². The topological polar surface area (TPSA) is 56.7 Å². The number of carbonyl (C=O) groups excluding carboxylic acids is 1. The number of aliphatic hydroxyl groups is 1. The Morgan fingerprint density at radius 3 is 2.32 bits per heavy atom. The van der Waals surface area contributed by atoms with Gasteiger partial charge in [-0.1, -0.05) is 11.3 Å². The van der Waals surface area contributed by atoms with E-state index in [1.807, 2.05) is 0 Å². The number of aryl methyl sites for hydroxylation is 1. The molecular weight excluding hydrogens is 319 g/mol. The Morgan fingerprint density at radius 1 is 1.36 bits per heavy atom. The summed E-state index contributed by atoms with van der Waals surface area (Å²) in [5.41, 5.74) is -2.13. The molecule has 124 valence electrons. The van der Waals surface area contributed by atoms with E-state index in [2.05, 4.69) is 4.98 Å². The Bertz CT molecular complexity index is 563. The van der Waals surface area contributed by atoms with Crippen LogP contribution in [0, 0.1) is 6.92 Å². The number of thiazole rings is 1. The molecule has 1 fully saturated rings. The van der Waals surface area contributed by atoms with E-state index in [1.54, 1.807) is 25.9 Å². The van der Waals surface area contributed by atoms with Crippen LogP contribution in [0.25, 0.3) is 0 Å². The Kier molecular flexibility index (Phi) is 4.40. The van der Waals surface area contributed by atoms with E-state index < -0.39 is 24.6 Å². The Hall–Kier alpha value is -1.35. The molecule has 1 aromatic heterocycles. The van der Waals surface area contributed by atoms with E-state index in [0.29, 0.717) is 15.7 Å². The molecule has 0 bridgehead atoms. The SMILES string of the molecule is Cc1nc(N(C)C)sc1C(=O)N1CCC(O)(C(F)(F)F)CC1. The van der Waals surface area contributed by atoms with Crippen molar-refractivity contribution in [3.8, 4) is 0 Å². The van der Waals surface area contributed by atoms with Crippen LogP contribution in [-0.2, 0) is 0 Å². The Balaban J connectivity index is 2.10. The number of halogens is 3. The minimum atomic E-state index is -4.67. The minimum Gasteiger partial charge on any atom is -0.380 e. The van der Waals surface area contributed by atoms with Crippen LogP contribution in [-0.4, -0.2) is 59.9 Å². The molecule has 1 amide bonds. The molecular formula is C13H18F3N3O2S. The number of piperidine rings is 1. The van der Waals surface area contributed by atoms with Gasteiger partial charge in [0.1, 0.15) is 4.88 Å². The average Bonchev–Trinajstić information content (AvgIpc) is 2.80. The molecule has 0 radical (unpaired) electrons. The third kappa shape index (κ3) is 3.05. The average molecular weight is 337 g/mol. The summed E-state index contributed by atoms with van der Waals surface area (Å²) >= 11 is 1.21. The maximum atomic E-state index is 12.8. The second-order valence-electron chi connectivity index (χ2n) is 5.63. The lowest BCUT2D eigenvalue weighted by Crippen LogP contribution is -2.54. The van der Waals surface area contributed by atoms with E-state index in [9.17, 15) is 23.1 Å². The van der Waals surface area contributed by atoms with Crippen LogP contribution in [0.15, 0.2) is 0 Å². The monoisotopic (exact) mass is 337 g/mol. The number of rotatable bonds is 2. The third-order valence-corrected chi connectivity index (χ3v) is 5.08. The van der Waals surface area contributed by atoms with Gasteiger partial charge in [-0.2, -0.15) is 13.2 Å². The highest BCUT2D eigenvalue weighted by Gasteiger charge is 2.55. The molecule has 5 nitrogen and oxygen atoms in total. The molecule has 0 atom stereocenters. The number of likely N-dealkylation sites (tertiary alicyclic amines) is 1. The number of hydrogen-bond donors (Lipinski definition) is 1. The summed E-state index contributed by atoms with van der Waals surface area (Å²) in [5, 5.41) is 10.3. The van der Waals surface area contributed by atoms with E-state index in [-0.39, 0.29) is 19.0 Å². The van der Waals surface area contributed by atoms with Gasteiger partial charge in [-0.15, -0.1) is 0 Å². The van der Waals surface area contributed by atoms with Gasteiger partial charge in [-0.3, -0.25) is 4.79 Å². The second-order valence-corrected chi connectivity index (χ2v) is 6.60. The van der Waals surface area contributed by atoms with Crippen molar-refractivity contribution in [3.63, 3.8) is 0 Å². The molecule has 9 heteroatoms. The maximum Gasteiger partial charge on any atom is 0.417 e. The molecule has 0 saturated carbocycles. The molecule has 0 unspecified atom stereocenters. The Labute approximate surface area is 130 Å². The first-order valence-electron chi connectivity index (χ1n) is 6.78. The number of alkyl halides is 3. The quantitative estimate of drug-likeness (QED) is 0.897. The summed E-state index contributed by atoms with van der Waals surface area (Å²) in [4.78, 5) is 20.2. The van der Waals surface area contributed by atoms with Gasteiger partial charge in [0.2, 0.25) is 0 Å². The predicted molar refractivity (Wildman–Crippen MR) is 77.3 cm³/mol. The number of nitrogens with zero attached hydrogens (tertiary/aromatic N) is 3. The van der Waals surface area contributed by atoms with Gasteiger partial charge >= 0.3 is 6.18 Å². The van der Waals surface area contributed by atoms with E-state index in [1.165, 1.54) is 16.2 Å². The summed E-state index contributed by atoms with van der Waals surface area (Å²) in [6.45, 7) is 1.46. The van der Waals surface area contributed by atoms with Crippen LogP contribution in [0.5, 0.6) is 0 Å². The zero-order valence-corrected chi connectivity index (χ0v) is 13.4. The molecule has 22 heavy (non-hydrogen) atoms. The molecule has 0 spiro atoms. The van der Waals surface area contributed by atoms with Crippen molar-refractivity contribution in [3.05, 3.63) is 10.6 Å². The van der Waals surface area contributed by atoms with Gasteiger partial charge in [-0.05, 0) is 6.92 Å². The van der Waals surface area contributed by atoms with Crippen molar-refractivity contribution < 1.29 is 23.1 Å². The summed E-state index contributed by atoms with van der Waals surface area (Å²) in [7, 11) is 3.60. The lowest BCUT2D eigenvalue weighted by molar-refractivity contribution is -0.271. The predicted octanol–water partition coefficient (Wildman–Crippen LogP) is 2.05. The number of carbonyl (C=O) groups is 1. The summed E-state index contributed by atoms with van der Waals surface area (Å²) in [6.07, 6.45) is -5.66. The zero-order chi connectivity index (χ0) is 16.7. The van der Waals surface area contributed by atoms with Crippen LogP contribution >= 0.6 is 11.3 Å². The van der Waals surface area contributed by atoms with E-state index in [4.69, 9.17) is 0 Å². The van der Waals surface area contributed by atoms with Crippen molar-refractivity contribution in [2.24, 2.45) is 0 Å². The van der Waals surface area contributed by atoms with Crippen LogP contribution in [0.2, 0.25) is 0 Å². The molecule has 0 aliphatic carbocycles. The van der Waals surface area contributed by atoms with Crippen molar-refractivity contribution in [1.29, 1.82) is 0 Å². The normalized spacial score (nSPS) is 18.4. The largest absolute Gasteiger partial charge is 0.417 e. The van der Waals surface area contributed by atoms with Gasteiger partial charge in [0.05, 0.1) is 5.69 Å². The summed E-state index contributed by atoms with van der Waals surface area (Å²) < 4.78 is 38.3. The minimum absolute atomic E-state index is 0.122. The van der Waals surface area contributed by atoms with Gasteiger partial charge in [-0.25, -0.2) is 4.98 Å². The van der Waals surface area contributed by atoms with Crippen molar-refractivity contribution >= 4 is 22.4 Å². The fourth-order valence-electron chi connectivity index (χ4n) is 2.28. The standard InChI is InChI=1S/C13H18F3N3O2S/c1-8-9(22-11(17-8)18(2)3)10(20)19-6-4-12(21,5-7-19)13(14,15)16/h21H,4-7H2,1-3H3. The molecule has 2 rings (SSSR count). The first-order chi connectivity index (χ1) is 10.0. The van der Waals surface area contributed by atoms with E-state index in [0.717, 1.165) is 0 Å². The first-order valence-corrected chi connectivity index (χ1v) is 7.60. The number of hydrogen-bond acceptors (Lipinski definition) is 5. The smallest absolute Gasteiger partial charge is 0.380 e. The molecule has 1 aliphatic rings. The van der Waals surface area contributed by atoms with Gasteiger partial charge in [0.25, 0.3) is 5.91 Å². The third-order valence-electron chi connectivity index (χ3n) is 3.77. The van der Waals surface area contributed by atoms with Gasteiger partial charge in [0.15, 0.2) is 10.7 Å². The molecule has 2 heterocycles. The van der Waals surface area contributed by atoms with Crippen LogP contribution in [0.1, 0.15) is 28.2 Å². The maximum absolute atomic E-state index is 12.8. The number of amides is 1. The number of anilines is 1. The van der Waals surface area contributed by atoms with Crippen molar-refractivity contribution in [2.45, 2.75) is 31.5 Å². The van der Waals surface area contributed by atoms with Crippen LogP contribution < -0.4 is 4.90 Å². The molecule has 1 N–H and O–H groups in total. The molecule has 1 aromatic rings. The molecule has 1 saturated heterocycles. The fourth-order valence-corrected chi connectivity index (χ4v) is 3.24. The zero-order valence-electron chi connectivity index (χ0n) is 12.6. The lowest BCUT2D eigenvalue weighted by Gasteiger charge is -2.38. The fraction of sp³-hybridized carbons (Fsp3) is 0.692. The van der Waals surface area contributed by atoms with Crippen molar-refractivity contribution in [1.82, 2.24) is 9.88 Å². The Morgan fingerprint density at radius 2 is 1.91 bits per heavy atom. The summed E-state index contributed by atoms with van der Waals surface area (Å²) in [5.74, 6) is -0.327. The molecule has 0 aromatic carbocycles. The van der Waals surface area contributed by atoms with Gasteiger partial charge < -0.3 is 14.9 Å². The van der Waals surface area contributed by atoms with Crippen LogP contribution in [0.3, 0.4) is 0 Å². The highest BCUT2D eigenvalue weighted by molar-refractivity contribution is 7.17.